The Kier molecular flexibility index (Phi) is 5.83. The third-order valence-electron chi connectivity index (χ3n) is 5.48. The maximum Gasteiger partial charge on any atom is 0.251 e. The molecule has 1 fully saturated rings. The number of phenolic OH excluding ortho intramolecular Hbond substituents is 1. The third-order valence-corrected chi connectivity index (χ3v) is 5.97. The molecule has 1 aliphatic rings. The van der Waals surface area contributed by atoms with Crippen LogP contribution in [0, 0.1) is 5.82 Å². The van der Waals surface area contributed by atoms with Crippen LogP contribution in [0.2, 0.25) is 0 Å². The van der Waals surface area contributed by atoms with Crippen LogP contribution in [0.5, 0.6) is 5.75 Å². The number of phenols is 1. The van der Waals surface area contributed by atoms with E-state index in [4.69, 9.17) is 0 Å². The highest BCUT2D eigenvalue weighted by atomic mass is 79.9. The van der Waals surface area contributed by atoms with Crippen molar-refractivity contribution in [3.63, 3.8) is 0 Å². The Morgan fingerprint density at radius 2 is 1.83 bits per heavy atom. The Labute approximate surface area is 177 Å². The fourth-order valence-electron chi connectivity index (χ4n) is 3.85. The molecule has 2 N–H and O–H groups in total. The number of nitrogens with zero attached hydrogens (tertiary/aromatic N) is 1. The Hall–Kier alpha value is -2.44. The SMILES string of the molecule is O=C(NC1CCN(Cc2c(O)ccc3cc(Br)ccc23)CC1)c1ccc(F)cc1. The third kappa shape index (κ3) is 4.60. The number of rotatable bonds is 4. The van der Waals surface area contributed by atoms with Crippen molar-refractivity contribution >= 4 is 32.6 Å². The number of hydrogen-bond acceptors (Lipinski definition) is 3. The van der Waals surface area contributed by atoms with Crippen molar-refractivity contribution in [1.82, 2.24) is 10.2 Å². The van der Waals surface area contributed by atoms with Crippen molar-refractivity contribution in [2.75, 3.05) is 13.1 Å². The van der Waals surface area contributed by atoms with Crippen molar-refractivity contribution in [2.45, 2.75) is 25.4 Å². The fourth-order valence-corrected chi connectivity index (χ4v) is 4.23. The molecule has 29 heavy (non-hydrogen) atoms. The van der Waals surface area contributed by atoms with Gasteiger partial charge in [-0.3, -0.25) is 9.69 Å². The van der Waals surface area contributed by atoms with Gasteiger partial charge in [0.05, 0.1) is 0 Å². The van der Waals surface area contributed by atoms with Gasteiger partial charge in [0.15, 0.2) is 0 Å². The largest absolute Gasteiger partial charge is 0.508 e. The number of carbonyl (C=O) groups is 1. The average Bonchev–Trinajstić information content (AvgIpc) is 2.72. The molecule has 0 atom stereocenters. The first-order valence-electron chi connectivity index (χ1n) is 9.68. The quantitative estimate of drug-likeness (QED) is 0.590. The van der Waals surface area contributed by atoms with Gasteiger partial charge in [-0.05, 0) is 66.1 Å². The van der Waals surface area contributed by atoms with Gasteiger partial charge in [-0.15, -0.1) is 0 Å². The molecular weight excluding hydrogens is 435 g/mol. The van der Waals surface area contributed by atoms with E-state index in [1.807, 2.05) is 18.2 Å². The minimum Gasteiger partial charge on any atom is -0.508 e. The van der Waals surface area contributed by atoms with Crippen LogP contribution in [-0.4, -0.2) is 35.0 Å². The number of benzene rings is 3. The van der Waals surface area contributed by atoms with Crippen LogP contribution < -0.4 is 5.32 Å². The van der Waals surface area contributed by atoms with Crippen LogP contribution in [-0.2, 0) is 6.54 Å². The van der Waals surface area contributed by atoms with Crippen molar-refractivity contribution in [3.05, 3.63) is 76.0 Å². The summed E-state index contributed by atoms with van der Waals surface area (Å²) in [6.07, 6.45) is 1.67. The van der Waals surface area contributed by atoms with Crippen LogP contribution in [0.3, 0.4) is 0 Å². The summed E-state index contributed by atoms with van der Waals surface area (Å²) in [5.74, 6) is -0.203. The number of nitrogens with one attached hydrogen (secondary N) is 1. The summed E-state index contributed by atoms with van der Waals surface area (Å²) < 4.78 is 14.0. The van der Waals surface area contributed by atoms with Crippen molar-refractivity contribution < 1.29 is 14.3 Å². The minimum absolute atomic E-state index is 0.0980. The second kappa shape index (κ2) is 8.51. The summed E-state index contributed by atoms with van der Waals surface area (Å²) in [7, 11) is 0. The molecule has 0 saturated carbocycles. The number of halogens is 2. The van der Waals surface area contributed by atoms with Crippen LogP contribution in [0.1, 0.15) is 28.8 Å². The first-order valence-corrected chi connectivity index (χ1v) is 10.5. The molecule has 0 aliphatic carbocycles. The lowest BCUT2D eigenvalue weighted by Gasteiger charge is -2.32. The molecule has 0 unspecified atom stereocenters. The van der Waals surface area contributed by atoms with Gasteiger partial charge in [-0.25, -0.2) is 4.39 Å². The van der Waals surface area contributed by atoms with E-state index in [2.05, 4.69) is 32.2 Å². The van der Waals surface area contributed by atoms with E-state index in [1.165, 1.54) is 24.3 Å². The molecule has 0 spiro atoms. The first-order chi connectivity index (χ1) is 14.0. The lowest BCUT2D eigenvalue weighted by molar-refractivity contribution is 0.0909. The number of piperidine rings is 1. The van der Waals surface area contributed by atoms with Crippen molar-refractivity contribution in [3.8, 4) is 5.75 Å². The molecule has 1 aliphatic heterocycles. The molecule has 4 nitrogen and oxygen atoms in total. The van der Waals surface area contributed by atoms with Gasteiger partial charge in [0.1, 0.15) is 11.6 Å². The molecule has 3 aromatic carbocycles. The Bertz CT molecular complexity index is 1030. The maximum absolute atomic E-state index is 13.0. The maximum atomic E-state index is 13.0. The topological polar surface area (TPSA) is 52.6 Å². The second-order valence-electron chi connectivity index (χ2n) is 7.46. The summed E-state index contributed by atoms with van der Waals surface area (Å²) in [6, 6.07) is 15.4. The zero-order valence-electron chi connectivity index (χ0n) is 15.9. The van der Waals surface area contributed by atoms with Gasteiger partial charge in [-0.2, -0.15) is 0 Å². The smallest absolute Gasteiger partial charge is 0.251 e. The molecule has 0 aromatic heterocycles. The van der Waals surface area contributed by atoms with Gasteiger partial charge in [0, 0.05) is 41.3 Å². The number of likely N-dealkylation sites (tertiary alicyclic amines) is 1. The van der Waals surface area contributed by atoms with E-state index in [0.717, 1.165) is 46.7 Å². The Balaban J connectivity index is 1.38. The molecule has 150 valence electrons. The highest BCUT2D eigenvalue weighted by Gasteiger charge is 2.22. The van der Waals surface area contributed by atoms with E-state index in [1.54, 1.807) is 6.07 Å². The summed E-state index contributed by atoms with van der Waals surface area (Å²) in [6.45, 7) is 2.34. The fraction of sp³-hybridized carbons (Fsp3) is 0.261. The zero-order valence-corrected chi connectivity index (χ0v) is 17.5. The number of aromatic hydroxyl groups is 1. The van der Waals surface area contributed by atoms with Crippen molar-refractivity contribution in [1.29, 1.82) is 0 Å². The monoisotopic (exact) mass is 456 g/mol. The molecule has 3 aromatic rings. The molecule has 4 rings (SSSR count). The number of hydrogen-bond donors (Lipinski definition) is 2. The van der Waals surface area contributed by atoms with Gasteiger partial charge in [0.25, 0.3) is 5.91 Å². The predicted octanol–water partition coefficient (Wildman–Crippen LogP) is 4.84. The van der Waals surface area contributed by atoms with Gasteiger partial charge < -0.3 is 10.4 Å². The second-order valence-corrected chi connectivity index (χ2v) is 8.38. The van der Waals surface area contributed by atoms with Crippen LogP contribution >= 0.6 is 15.9 Å². The summed E-state index contributed by atoms with van der Waals surface area (Å²) >= 11 is 3.49. The zero-order chi connectivity index (χ0) is 20.4. The van der Waals surface area contributed by atoms with E-state index < -0.39 is 0 Å². The van der Waals surface area contributed by atoms with Crippen LogP contribution in [0.4, 0.5) is 4.39 Å². The average molecular weight is 457 g/mol. The Morgan fingerprint density at radius 3 is 2.55 bits per heavy atom. The van der Waals surface area contributed by atoms with E-state index in [9.17, 15) is 14.3 Å². The molecule has 6 heteroatoms. The highest BCUT2D eigenvalue weighted by Crippen LogP contribution is 2.31. The molecule has 0 radical (unpaired) electrons. The normalized spacial score (nSPS) is 15.5. The Morgan fingerprint density at radius 1 is 1.10 bits per heavy atom. The first kappa shape index (κ1) is 19.9. The summed E-state index contributed by atoms with van der Waals surface area (Å²) in [5.41, 5.74) is 1.41. The van der Waals surface area contributed by atoms with Gasteiger partial charge in [-0.1, -0.05) is 28.1 Å². The number of fused-ring (bicyclic) bond motifs is 1. The highest BCUT2D eigenvalue weighted by molar-refractivity contribution is 9.10. The molecule has 0 bridgehead atoms. The van der Waals surface area contributed by atoms with Crippen molar-refractivity contribution in [2.24, 2.45) is 0 Å². The molecule has 1 amide bonds. The molecular formula is C23H22BrFN2O2. The summed E-state index contributed by atoms with van der Waals surface area (Å²) in [4.78, 5) is 14.6. The van der Waals surface area contributed by atoms with E-state index >= 15 is 0 Å². The van der Waals surface area contributed by atoms with Crippen LogP contribution in [0.25, 0.3) is 10.8 Å². The van der Waals surface area contributed by atoms with E-state index in [-0.39, 0.29) is 17.8 Å². The lowest BCUT2D eigenvalue weighted by atomic mass is 10.0. The predicted molar refractivity (Wildman–Crippen MR) is 115 cm³/mol. The number of carbonyl (C=O) groups excluding carboxylic acids is 1. The lowest BCUT2D eigenvalue weighted by Crippen LogP contribution is -2.44. The van der Waals surface area contributed by atoms with Crippen LogP contribution in [0.15, 0.2) is 59.1 Å². The van der Waals surface area contributed by atoms with E-state index in [0.29, 0.717) is 17.9 Å². The minimum atomic E-state index is -0.348. The number of amides is 1. The molecule has 1 heterocycles. The standard InChI is InChI=1S/C23H22BrFN2O2/c24-17-4-7-20-16(13-17)3-8-22(28)21(20)14-27-11-9-19(10-12-27)26-23(29)15-1-5-18(25)6-2-15/h1-8,13,19,28H,9-12,14H2,(H,26,29). The molecule has 1 saturated heterocycles. The summed E-state index contributed by atoms with van der Waals surface area (Å²) in [5, 5.41) is 15.6. The van der Waals surface area contributed by atoms with Gasteiger partial charge in [0.2, 0.25) is 0 Å². The van der Waals surface area contributed by atoms with Gasteiger partial charge >= 0.3 is 0 Å².